The van der Waals surface area contributed by atoms with Crippen molar-refractivity contribution in [2.75, 3.05) is 56.4 Å². The smallest absolute Gasteiger partial charge is 0.410 e. The maximum absolute atomic E-state index is 14.4. The summed E-state index contributed by atoms with van der Waals surface area (Å²) in [5.41, 5.74) is 1.75. The van der Waals surface area contributed by atoms with Crippen molar-refractivity contribution < 1.29 is 32.3 Å². The normalized spacial score (nSPS) is 18.8. The van der Waals surface area contributed by atoms with Gasteiger partial charge in [0.15, 0.2) is 0 Å². The lowest BCUT2D eigenvalue weighted by Gasteiger charge is -2.43. The molecule has 48 heavy (non-hydrogen) atoms. The number of rotatable bonds is 9. The number of carbonyl (C=O) groups excluding carboxylic acids is 3. The third-order valence-electron chi connectivity index (χ3n) is 9.80. The van der Waals surface area contributed by atoms with E-state index < -0.39 is 21.7 Å². The second kappa shape index (κ2) is 14.5. The molecular weight excluding hydrogens is 632 g/mol. The highest BCUT2D eigenvalue weighted by atomic mass is 32.2. The monoisotopic (exact) mass is 682 g/mol. The summed E-state index contributed by atoms with van der Waals surface area (Å²) >= 11 is 0. The zero-order valence-corrected chi connectivity index (χ0v) is 29.7. The molecule has 0 bridgehead atoms. The van der Waals surface area contributed by atoms with E-state index in [1.165, 1.54) is 17.5 Å². The van der Waals surface area contributed by atoms with Crippen molar-refractivity contribution in [1.82, 2.24) is 14.7 Å². The summed E-state index contributed by atoms with van der Waals surface area (Å²) in [7, 11) is -3.46. The van der Waals surface area contributed by atoms with Crippen LogP contribution < -0.4 is 4.31 Å². The van der Waals surface area contributed by atoms with E-state index in [4.69, 9.17) is 9.47 Å². The van der Waals surface area contributed by atoms with Gasteiger partial charge in [-0.15, -0.1) is 0 Å². The average Bonchev–Trinajstić information content (AvgIpc) is 3.36. The molecule has 2 fully saturated rings. The number of fused-ring (bicyclic) bond motifs is 2. The van der Waals surface area contributed by atoms with Crippen molar-refractivity contribution in [3.05, 3.63) is 65.7 Å². The third kappa shape index (κ3) is 8.31. The van der Waals surface area contributed by atoms with Gasteiger partial charge in [0.2, 0.25) is 21.8 Å². The van der Waals surface area contributed by atoms with E-state index in [9.17, 15) is 22.8 Å². The van der Waals surface area contributed by atoms with Crippen molar-refractivity contribution in [3.63, 3.8) is 0 Å². The van der Waals surface area contributed by atoms with E-state index in [1.807, 2.05) is 80.3 Å². The lowest BCUT2D eigenvalue weighted by atomic mass is 9.74. The fourth-order valence-corrected chi connectivity index (χ4v) is 8.21. The number of sulfonamides is 1. The van der Waals surface area contributed by atoms with Gasteiger partial charge in [-0.2, -0.15) is 0 Å². The summed E-state index contributed by atoms with van der Waals surface area (Å²) < 4.78 is 38.5. The van der Waals surface area contributed by atoms with Gasteiger partial charge < -0.3 is 24.2 Å². The van der Waals surface area contributed by atoms with Gasteiger partial charge in [-0.05, 0) is 69.6 Å². The Morgan fingerprint density at radius 2 is 1.56 bits per heavy atom. The highest BCUT2D eigenvalue weighted by Gasteiger charge is 2.48. The summed E-state index contributed by atoms with van der Waals surface area (Å²) in [5, 5.41) is 0. The largest absolute Gasteiger partial charge is 0.444 e. The van der Waals surface area contributed by atoms with Crippen LogP contribution >= 0.6 is 0 Å². The van der Waals surface area contributed by atoms with Crippen LogP contribution in [0.5, 0.6) is 0 Å². The molecule has 0 N–H and O–H groups in total. The molecule has 1 spiro atoms. The molecule has 0 aliphatic carbocycles. The van der Waals surface area contributed by atoms with E-state index >= 15 is 0 Å². The molecule has 3 amide bonds. The number of nitrogens with zero attached hydrogens (tertiary/aromatic N) is 4. The number of piperidine rings is 2. The molecule has 0 aromatic heterocycles. The molecule has 2 aromatic rings. The van der Waals surface area contributed by atoms with E-state index in [2.05, 4.69) is 0 Å². The van der Waals surface area contributed by atoms with Gasteiger partial charge in [-0.3, -0.25) is 13.9 Å². The van der Waals surface area contributed by atoms with Crippen LogP contribution in [-0.2, 0) is 41.1 Å². The summed E-state index contributed by atoms with van der Waals surface area (Å²) in [5.74, 6) is -0.252. The van der Waals surface area contributed by atoms with Crippen LogP contribution in [0, 0.1) is 5.92 Å². The molecule has 2 aromatic carbocycles. The molecule has 0 saturated carbocycles. The first-order chi connectivity index (χ1) is 22.7. The first-order valence-corrected chi connectivity index (χ1v) is 18.7. The standard InChI is InChI=1S/C36H50N4O7S/c1-27(41)39(23-28-15-19-38(20-16-28)34(43)47-35(2,3)4)32(25-46-24-29-11-7-6-8-12-29)33(42)37-21-17-36(18-22-37)26-40(48(5,44)45)31-14-10-9-13-30(31)36/h6-14,28,32H,15-26H2,1-5H3/t32-/m1/s1. The van der Waals surface area contributed by atoms with Gasteiger partial charge in [0.05, 0.1) is 25.2 Å². The minimum atomic E-state index is -3.46. The van der Waals surface area contributed by atoms with Gasteiger partial charge in [0, 0.05) is 51.6 Å². The van der Waals surface area contributed by atoms with Crippen LogP contribution in [0.25, 0.3) is 0 Å². The Morgan fingerprint density at radius 3 is 2.17 bits per heavy atom. The number of amides is 3. The number of para-hydroxylation sites is 1. The van der Waals surface area contributed by atoms with E-state index in [-0.39, 0.29) is 35.8 Å². The van der Waals surface area contributed by atoms with Crippen molar-refractivity contribution in [1.29, 1.82) is 0 Å². The van der Waals surface area contributed by atoms with Crippen LogP contribution in [0.2, 0.25) is 0 Å². The predicted molar refractivity (Wildman–Crippen MR) is 184 cm³/mol. The molecule has 262 valence electrons. The third-order valence-corrected chi connectivity index (χ3v) is 10.9. The summed E-state index contributed by atoms with van der Waals surface area (Å²) in [6, 6.07) is 16.6. The molecule has 12 heteroatoms. The molecule has 3 heterocycles. The Hall–Kier alpha value is -3.64. The summed E-state index contributed by atoms with van der Waals surface area (Å²) in [6.45, 7) is 10.1. The van der Waals surface area contributed by atoms with Crippen molar-refractivity contribution in [2.45, 2.75) is 77.0 Å². The first kappa shape index (κ1) is 35.7. The zero-order chi connectivity index (χ0) is 34.7. The molecule has 1 atom stereocenters. The lowest BCUT2D eigenvalue weighted by Crippen LogP contribution is -2.57. The molecule has 3 aliphatic rings. The van der Waals surface area contributed by atoms with Gasteiger partial charge in [0.25, 0.3) is 0 Å². The topological polar surface area (TPSA) is 117 Å². The van der Waals surface area contributed by atoms with Crippen molar-refractivity contribution in [2.24, 2.45) is 5.92 Å². The first-order valence-electron chi connectivity index (χ1n) is 16.9. The number of likely N-dealkylation sites (tertiary alicyclic amines) is 2. The minimum absolute atomic E-state index is 0.0520. The predicted octanol–water partition coefficient (Wildman–Crippen LogP) is 4.41. The van der Waals surface area contributed by atoms with Crippen LogP contribution in [0.15, 0.2) is 54.6 Å². The van der Waals surface area contributed by atoms with Gasteiger partial charge in [0.1, 0.15) is 11.6 Å². The van der Waals surface area contributed by atoms with E-state index in [1.54, 1.807) is 9.80 Å². The minimum Gasteiger partial charge on any atom is -0.444 e. The molecule has 2 saturated heterocycles. The molecule has 5 rings (SSSR count). The van der Waals surface area contributed by atoms with Crippen molar-refractivity contribution in [3.8, 4) is 0 Å². The fraction of sp³-hybridized carbons (Fsp3) is 0.583. The Kier molecular flexibility index (Phi) is 10.7. The van der Waals surface area contributed by atoms with Gasteiger partial charge in [-0.1, -0.05) is 48.5 Å². The maximum atomic E-state index is 14.4. The van der Waals surface area contributed by atoms with Crippen LogP contribution in [0.4, 0.5) is 10.5 Å². The number of hydrogen-bond donors (Lipinski definition) is 0. The average molecular weight is 683 g/mol. The van der Waals surface area contributed by atoms with E-state index in [0.29, 0.717) is 77.2 Å². The van der Waals surface area contributed by atoms with Crippen LogP contribution in [0.3, 0.4) is 0 Å². The maximum Gasteiger partial charge on any atom is 0.410 e. The Balaban J connectivity index is 1.29. The lowest BCUT2D eigenvalue weighted by molar-refractivity contribution is -0.149. The fourth-order valence-electron chi connectivity index (χ4n) is 7.21. The number of carbonyl (C=O) groups is 3. The van der Waals surface area contributed by atoms with Gasteiger partial charge >= 0.3 is 6.09 Å². The number of benzene rings is 2. The van der Waals surface area contributed by atoms with Gasteiger partial charge in [-0.25, -0.2) is 13.2 Å². The summed E-state index contributed by atoms with van der Waals surface area (Å²) in [4.78, 5) is 45.4. The number of hydrogen-bond acceptors (Lipinski definition) is 7. The molecule has 0 radical (unpaired) electrons. The Labute approximate surface area is 285 Å². The molecular formula is C36H50N4O7S. The highest BCUT2D eigenvalue weighted by molar-refractivity contribution is 7.92. The van der Waals surface area contributed by atoms with E-state index in [0.717, 1.165) is 11.1 Å². The Bertz CT molecular complexity index is 1560. The quantitative estimate of drug-likeness (QED) is 0.385. The van der Waals surface area contributed by atoms with Crippen LogP contribution in [-0.4, -0.2) is 105 Å². The van der Waals surface area contributed by atoms with Crippen LogP contribution in [0.1, 0.15) is 64.5 Å². The second-order valence-corrected chi connectivity index (χ2v) is 16.4. The number of anilines is 1. The highest BCUT2D eigenvalue weighted by Crippen LogP contribution is 2.48. The summed E-state index contributed by atoms with van der Waals surface area (Å²) in [6.07, 6.45) is 3.51. The SMILES string of the molecule is CC(=O)N(CC1CCN(C(=O)OC(C)(C)C)CC1)[C@H](COCc1ccccc1)C(=O)N1CCC2(CC1)CN(S(C)(=O)=O)c1ccccc12. The molecule has 0 unspecified atom stereocenters. The Morgan fingerprint density at radius 1 is 0.938 bits per heavy atom. The molecule has 11 nitrogen and oxygen atoms in total. The number of ether oxygens (including phenoxy) is 2. The second-order valence-electron chi connectivity index (χ2n) is 14.5. The molecule has 3 aliphatic heterocycles. The van der Waals surface area contributed by atoms with Crippen molar-refractivity contribution >= 4 is 33.6 Å². The zero-order valence-electron chi connectivity index (χ0n) is 28.9.